The van der Waals surface area contributed by atoms with E-state index in [1.807, 2.05) is 0 Å². The zero-order valence-corrected chi connectivity index (χ0v) is 13.9. The van der Waals surface area contributed by atoms with Crippen LogP contribution in [0.4, 0.5) is 4.39 Å². The zero-order valence-electron chi connectivity index (χ0n) is 13.1. The second kappa shape index (κ2) is 8.50. The first-order valence-electron chi connectivity index (χ1n) is 8.14. The lowest BCUT2D eigenvalue weighted by molar-refractivity contribution is -0.123. The molecule has 2 aliphatic rings. The third-order valence-electron chi connectivity index (χ3n) is 4.65. The van der Waals surface area contributed by atoms with Crippen molar-refractivity contribution in [1.82, 2.24) is 10.6 Å². The molecule has 1 aliphatic heterocycles. The number of amides is 1. The third kappa shape index (κ3) is 4.82. The van der Waals surface area contributed by atoms with Gasteiger partial charge in [0.25, 0.3) is 0 Å². The summed E-state index contributed by atoms with van der Waals surface area (Å²) >= 11 is 0. The van der Waals surface area contributed by atoms with E-state index in [4.69, 9.17) is 4.74 Å². The van der Waals surface area contributed by atoms with Gasteiger partial charge in [0.2, 0.25) is 5.91 Å². The van der Waals surface area contributed by atoms with Gasteiger partial charge in [-0.1, -0.05) is 18.9 Å². The second-order valence-corrected chi connectivity index (χ2v) is 6.20. The lowest BCUT2D eigenvalue weighted by Crippen LogP contribution is -2.44. The van der Waals surface area contributed by atoms with E-state index in [1.54, 1.807) is 12.1 Å². The first kappa shape index (κ1) is 18.0. The highest BCUT2D eigenvalue weighted by Gasteiger charge is 2.37. The maximum Gasteiger partial charge on any atom is 0.237 e. The van der Waals surface area contributed by atoms with Gasteiger partial charge in [0.1, 0.15) is 18.2 Å². The van der Waals surface area contributed by atoms with Crippen molar-refractivity contribution < 1.29 is 13.9 Å². The van der Waals surface area contributed by atoms with E-state index >= 15 is 0 Å². The van der Waals surface area contributed by atoms with Gasteiger partial charge < -0.3 is 15.4 Å². The summed E-state index contributed by atoms with van der Waals surface area (Å²) in [5.41, 5.74) is 0. The number of ether oxygens (including phenoxy) is 1. The molecule has 0 radical (unpaired) electrons. The lowest BCUT2D eigenvalue weighted by atomic mass is 9.85. The number of carbonyl (C=O) groups excluding carboxylic acids is 1. The molecule has 1 aliphatic carbocycles. The predicted molar refractivity (Wildman–Crippen MR) is 89.4 cm³/mol. The van der Waals surface area contributed by atoms with E-state index in [1.165, 1.54) is 37.8 Å². The van der Waals surface area contributed by atoms with Crippen LogP contribution in [0.5, 0.6) is 5.75 Å². The maximum absolute atomic E-state index is 13.0. The summed E-state index contributed by atoms with van der Waals surface area (Å²) < 4.78 is 18.4. The highest BCUT2D eigenvalue weighted by molar-refractivity contribution is 5.85. The summed E-state index contributed by atoms with van der Waals surface area (Å²) in [5, 5.41) is 6.36. The van der Waals surface area contributed by atoms with Crippen molar-refractivity contribution in [3.05, 3.63) is 30.1 Å². The Bertz CT molecular complexity index is 515. The number of fused-ring (bicyclic) bond motifs is 1. The standard InChI is InChI=1S/C17H23FN2O2.ClH/c18-13-5-3-6-14(11-13)22-9-8-19-17(21)16-10-12-4-1-2-7-15(12)20-16;/h3,5-6,11-12,15-16,20H,1-2,4,7-10H2,(H,19,21);1H. The Labute approximate surface area is 142 Å². The predicted octanol–water partition coefficient (Wildman–Crippen LogP) is 2.66. The van der Waals surface area contributed by atoms with E-state index in [0.717, 1.165) is 6.42 Å². The molecular weight excluding hydrogens is 319 g/mol. The molecule has 1 aromatic carbocycles. The van der Waals surface area contributed by atoms with Gasteiger partial charge in [-0.2, -0.15) is 0 Å². The van der Waals surface area contributed by atoms with Crippen molar-refractivity contribution in [1.29, 1.82) is 0 Å². The van der Waals surface area contributed by atoms with Crippen LogP contribution in [-0.4, -0.2) is 31.1 Å². The average Bonchev–Trinajstić information content (AvgIpc) is 2.95. The molecule has 4 nitrogen and oxygen atoms in total. The molecule has 1 saturated carbocycles. The number of nitrogens with one attached hydrogen (secondary N) is 2. The molecular formula is C17H24ClFN2O2. The van der Waals surface area contributed by atoms with Crippen LogP contribution in [0.15, 0.2) is 24.3 Å². The SMILES string of the molecule is Cl.O=C(NCCOc1cccc(F)c1)C1CC2CCCCC2N1. The van der Waals surface area contributed by atoms with Crippen LogP contribution in [0.1, 0.15) is 32.1 Å². The highest BCUT2D eigenvalue weighted by Crippen LogP contribution is 2.33. The highest BCUT2D eigenvalue weighted by atomic mass is 35.5. The number of carbonyl (C=O) groups is 1. The quantitative estimate of drug-likeness (QED) is 0.809. The van der Waals surface area contributed by atoms with Gasteiger partial charge in [0.05, 0.1) is 12.6 Å². The Hall–Kier alpha value is -1.33. The van der Waals surface area contributed by atoms with Gasteiger partial charge in [-0.15, -0.1) is 12.4 Å². The fourth-order valence-corrected chi connectivity index (χ4v) is 3.54. The van der Waals surface area contributed by atoms with Gasteiger partial charge in [0.15, 0.2) is 0 Å². The number of benzene rings is 1. The average molecular weight is 343 g/mol. The van der Waals surface area contributed by atoms with Crippen molar-refractivity contribution in [2.24, 2.45) is 5.92 Å². The molecule has 0 spiro atoms. The van der Waals surface area contributed by atoms with E-state index < -0.39 is 0 Å². The van der Waals surface area contributed by atoms with E-state index in [0.29, 0.717) is 30.9 Å². The normalized spacial score (nSPS) is 26.0. The Morgan fingerprint density at radius 3 is 2.96 bits per heavy atom. The Balaban J connectivity index is 0.00000192. The van der Waals surface area contributed by atoms with Crippen LogP contribution in [-0.2, 0) is 4.79 Å². The minimum absolute atomic E-state index is 0. The van der Waals surface area contributed by atoms with Crippen molar-refractivity contribution in [2.75, 3.05) is 13.2 Å². The third-order valence-corrected chi connectivity index (χ3v) is 4.65. The first-order valence-corrected chi connectivity index (χ1v) is 8.14. The molecule has 23 heavy (non-hydrogen) atoms. The van der Waals surface area contributed by atoms with Crippen molar-refractivity contribution in [3.63, 3.8) is 0 Å². The molecule has 0 bridgehead atoms. The molecule has 3 atom stereocenters. The first-order chi connectivity index (χ1) is 10.7. The van der Waals surface area contributed by atoms with E-state index in [9.17, 15) is 9.18 Å². The monoisotopic (exact) mass is 342 g/mol. The summed E-state index contributed by atoms with van der Waals surface area (Å²) in [4.78, 5) is 12.2. The summed E-state index contributed by atoms with van der Waals surface area (Å²) in [5.74, 6) is 0.879. The van der Waals surface area contributed by atoms with Crippen LogP contribution < -0.4 is 15.4 Å². The number of halogens is 2. The van der Waals surface area contributed by atoms with Crippen LogP contribution in [0.25, 0.3) is 0 Å². The van der Waals surface area contributed by atoms with Crippen LogP contribution in [0, 0.1) is 11.7 Å². The number of hydrogen-bond acceptors (Lipinski definition) is 3. The Morgan fingerprint density at radius 2 is 2.17 bits per heavy atom. The van der Waals surface area contributed by atoms with Crippen molar-refractivity contribution in [3.8, 4) is 5.75 Å². The molecule has 3 unspecified atom stereocenters. The topological polar surface area (TPSA) is 50.4 Å². The van der Waals surface area contributed by atoms with Crippen LogP contribution in [0.2, 0.25) is 0 Å². The van der Waals surface area contributed by atoms with Gasteiger partial charge in [-0.25, -0.2) is 4.39 Å². The molecule has 1 saturated heterocycles. The van der Waals surface area contributed by atoms with Gasteiger partial charge in [0, 0.05) is 12.1 Å². The summed E-state index contributed by atoms with van der Waals surface area (Å²) in [6.07, 6.45) is 5.94. The molecule has 2 fully saturated rings. The molecule has 0 aromatic heterocycles. The molecule has 1 heterocycles. The fourth-order valence-electron chi connectivity index (χ4n) is 3.54. The second-order valence-electron chi connectivity index (χ2n) is 6.20. The van der Waals surface area contributed by atoms with Crippen molar-refractivity contribution in [2.45, 2.75) is 44.2 Å². The fraction of sp³-hybridized carbons (Fsp3) is 0.588. The Kier molecular flexibility index (Phi) is 6.66. The van der Waals surface area contributed by atoms with E-state index in [-0.39, 0.29) is 30.2 Å². The van der Waals surface area contributed by atoms with Crippen LogP contribution >= 0.6 is 12.4 Å². The molecule has 128 valence electrons. The smallest absolute Gasteiger partial charge is 0.237 e. The van der Waals surface area contributed by atoms with E-state index in [2.05, 4.69) is 10.6 Å². The van der Waals surface area contributed by atoms with Gasteiger partial charge >= 0.3 is 0 Å². The summed E-state index contributed by atoms with van der Waals surface area (Å²) in [6.45, 7) is 0.775. The van der Waals surface area contributed by atoms with Gasteiger partial charge in [-0.3, -0.25) is 4.79 Å². The molecule has 2 N–H and O–H groups in total. The Morgan fingerprint density at radius 1 is 1.35 bits per heavy atom. The number of hydrogen-bond donors (Lipinski definition) is 2. The van der Waals surface area contributed by atoms with Crippen molar-refractivity contribution >= 4 is 18.3 Å². The lowest BCUT2D eigenvalue weighted by Gasteiger charge is -2.24. The maximum atomic E-state index is 13.0. The zero-order chi connectivity index (χ0) is 15.4. The molecule has 3 rings (SSSR count). The largest absolute Gasteiger partial charge is 0.492 e. The minimum Gasteiger partial charge on any atom is -0.492 e. The molecule has 6 heteroatoms. The molecule has 1 aromatic rings. The van der Waals surface area contributed by atoms with Gasteiger partial charge in [-0.05, 0) is 37.3 Å². The summed E-state index contributed by atoms with van der Waals surface area (Å²) in [7, 11) is 0. The molecule has 1 amide bonds. The minimum atomic E-state index is -0.320. The number of rotatable bonds is 5. The summed E-state index contributed by atoms with van der Waals surface area (Å²) in [6, 6.07) is 6.47. The van der Waals surface area contributed by atoms with Crippen LogP contribution in [0.3, 0.4) is 0 Å².